The van der Waals surface area contributed by atoms with Crippen molar-refractivity contribution < 1.29 is 18.9 Å². The number of furan rings is 1. The van der Waals surface area contributed by atoms with Crippen LogP contribution in [-0.2, 0) is 4.79 Å². The second-order valence-electron chi connectivity index (χ2n) is 5.66. The van der Waals surface area contributed by atoms with Crippen molar-refractivity contribution >= 4 is 41.0 Å². The van der Waals surface area contributed by atoms with Crippen LogP contribution in [0.3, 0.4) is 0 Å². The Morgan fingerprint density at radius 3 is 2.59 bits per heavy atom. The number of nitro benzene ring substituents is 1. The average molecular weight is 434 g/mol. The lowest BCUT2D eigenvalue weighted by Gasteiger charge is -2.05. The van der Waals surface area contributed by atoms with E-state index in [1.807, 2.05) is 12.1 Å². The quantitative estimate of drug-likeness (QED) is 0.330. The van der Waals surface area contributed by atoms with Gasteiger partial charge in [0.1, 0.15) is 11.5 Å². The number of ether oxygens (including phenoxy) is 1. The Hall–Kier alpha value is -3.36. The minimum absolute atomic E-state index is 0.0721. The molecule has 148 valence electrons. The van der Waals surface area contributed by atoms with Crippen molar-refractivity contribution in [3.05, 3.63) is 80.5 Å². The Labute approximate surface area is 174 Å². The summed E-state index contributed by atoms with van der Waals surface area (Å²) in [6.45, 7) is -0.464. The number of halogens is 2. The number of rotatable bonds is 7. The highest BCUT2D eigenvalue weighted by molar-refractivity contribution is 6.31. The van der Waals surface area contributed by atoms with Gasteiger partial charge in [-0.3, -0.25) is 14.9 Å². The Morgan fingerprint density at radius 1 is 1.14 bits per heavy atom. The van der Waals surface area contributed by atoms with Gasteiger partial charge < -0.3 is 9.15 Å². The fraction of sp³-hybridized carbons (Fsp3) is 0.0526. The molecule has 1 N–H and O–H groups in total. The van der Waals surface area contributed by atoms with Crippen LogP contribution >= 0.6 is 23.2 Å². The molecule has 0 aliphatic heterocycles. The first-order valence-corrected chi connectivity index (χ1v) is 8.92. The van der Waals surface area contributed by atoms with Crippen molar-refractivity contribution in [3.63, 3.8) is 0 Å². The normalized spacial score (nSPS) is 10.8. The second kappa shape index (κ2) is 9.22. The number of hydrazone groups is 1. The number of hydrogen-bond acceptors (Lipinski definition) is 6. The zero-order valence-corrected chi connectivity index (χ0v) is 16.2. The van der Waals surface area contributed by atoms with E-state index in [1.54, 1.807) is 24.3 Å². The minimum Gasteiger partial charge on any atom is -0.477 e. The van der Waals surface area contributed by atoms with Crippen LogP contribution in [0.4, 0.5) is 5.69 Å². The summed E-state index contributed by atoms with van der Waals surface area (Å²) >= 11 is 11.6. The van der Waals surface area contributed by atoms with Gasteiger partial charge in [-0.1, -0.05) is 23.2 Å². The molecule has 0 spiro atoms. The molecule has 0 atom stereocenters. The number of amides is 1. The molecule has 0 fully saturated rings. The summed E-state index contributed by atoms with van der Waals surface area (Å²) in [6, 6.07) is 14.5. The molecule has 0 saturated heterocycles. The summed E-state index contributed by atoms with van der Waals surface area (Å²) in [5.41, 5.74) is 2.76. The van der Waals surface area contributed by atoms with E-state index in [4.69, 9.17) is 32.4 Å². The Kier molecular flexibility index (Phi) is 6.48. The highest BCUT2D eigenvalue weighted by atomic mass is 35.5. The fourth-order valence-corrected chi connectivity index (χ4v) is 2.58. The molecule has 3 aromatic rings. The van der Waals surface area contributed by atoms with Gasteiger partial charge in [-0.05, 0) is 48.5 Å². The molecule has 3 rings (SSSR count). The van der Waals surface area contributed by atoms with Gasteiger partial charge in [0.15, 0.2) is 12.4 Å². The van der Waals surface area contributed by atoms with Crippen LogP contribution in [0.5, 0.6) is 5.75 Å². The van der Waals surface area contributed by atoms with Crippen molar-refractivity contribution in [2.24, 2.45) is 5.10 Å². The number of carbonyl (C=O) groups is 1. The fourth-order valence-electron chi connectivity index (χ4n) is 2.29. The second-order valence-corrected chi connectivity index (χ2v) is 6.53. The Balaban J connectivity index is 1.54. The van der Waals surface area contributed by atoms with Crippen LogP contribution in [0.15, 0.2) is 64.1 Å². The van der Waals surface area contributed by atoms with Crippen LogP contribution in [-0.4, -0.2) is 23.7 Å². The predicted molar refractivity (Wildman–Crippen MR) is 108 cm³/mol. The lowest BCUT2D eigenvalue weighted by atomic mass is 10.2. The molecular weight excluding hydrogens is 421 g/mol. The van der Waals surface area contributed by atoms with E-state index in [0.29, 0.717) is 16.5 Å². The number of benzene rings is 2. The number of nitrogens with zero attached hydrogens (tertiary/aromatic N) is 2. The maximum absolute atomic E-state index is 11.8. The van der Waals surface area contributed by atoms with Crippen LogP contribution in [0.25, 0.3) is 11.3 Å². The van der Waals surface area contributed by atoms with E-state index in [1.165, 1.54) is 18.3 Å². The topological polar surface area (TPSA) is 107 Å². The molecule has 1 aromatic heterocycles. The first-order chi connectivity index (χ1) is 13.9. The molecule has 0 bridgehead atoms. The largest absolute Gasteiger partial charge is 0.477 e. The molecule has 0 radical (unpaired) electrons. The van der Waals surface area contributed by atoms with E-state index in [0.717, 1.165) is 11.6 Å². The van der Waals surface area contributed by atoms with Gasteiger partial charge in [-0.15, -0.1) is 0 Å². The summed E-state index contributed by atoms with van der Waals surface area (Å²) in [7, 11) is 0. The molecule has 1 amide bonds. The molecule has 1 heterocycles. The zero-order valence-electron chi connectivity index (χ0n) is 14.7. The summed E-state index contributed by atoms with van der Waals surface area (Å²) in [5, 5.41) is 15.6. The van der Waals surface area contributed by atoms with Crippen molar-refractivity contribution in [3.8, 4) is 17.1 Å². The van der Waals surface area contributed by atoms with Gasteiger partial charge in [0.25, 0.3) is 5.91 Å². The smallest absolute Gasteiger partial charge is 0.312 e. The summed E-state index contributed by atoms with van der Waals surface area (Å²) < 4.78 is 10.8. The molecule has 0 aliphatic carbocycles. The molecule has 8 nitrogen and oxygen atoms in total. The first-order valence-electron chi connectivity index (χ1n) is 8.17. The molecule has 2 aromatic carbocycles. The van der Waals surface area contributed by atoms with Gasteiger partial charge in [-0.2, -0.15) is 5.10 Å². The maximum Gasteiger partial charge on any atom is 0.312 e. The number of hydrogen-bond donors (Lipinski definition) is 1. The van der Waals surface area contributed by atoms with Crippen LogP contribution in [0.2, 0.25) is 10.0 Å². The maximum atomic E-state index is 11.8. The third kappa shape index (κ3) is 5.56. The van der Waals surface area contributed by atoms with E-state index in [9.17, 15) is 14.9 Å². The number of nitro groups is 1. The van der Waals surface area contributed by atoms with E-state index < -0.39 is 17.4 Å². The minimum atomic E-state index is -0.646. The first kappa shape index (κ1) is 20.4. The zero-order chi connectivity index (χ0) is 20.8. The van der Waals surface area contributed by atoms with Crippen molar-refractivity contribution in [2.45, 2.75) is 0 Å². The third-order valence-corrected chi connectivity index (χ3v) is 4.10. The Bertz CT molecular complexity index is 1060. The van der Waals surface area contributed by atoms with E-state index in [-0.39, 0.29) is 16.5 Å². The monoisotopic (exact) mass is 433 g/mol. The van der Waals surface area contributed by atoms with Gasteiger partial charge in [0, 0.05) is 21.7 Å². The van der Waals surface area contributed by atoms with Crippen molar-refractivity contribution in [1.29, 1.82) is 0 Å². The molecular formula is C19H13Cl2N3O5. The van der Waals surface area contributed by atoms with E-state index in [2.05, 4.69) is 10.5 Å². The summed E-state index contributed by atoms with van der Waals surface area (Å²) in [4.78, 5) is 22.2. The average Bonchev–Trinajstić information content (AvgIpc) is 3.16. The SMILES string of the molecule is O=C(COc1ccc(Cl)cc1[N+](=O)[O-])N/N=C\c1ccc(-c2ccc(Cl)cc2)o1. The van der Waals surface area contributed by atoms with Crippen LogP contribution in [0.1, 0.15) is 5.76 Å². The Morgan fingerprint density at radius 2 is 1.86 bits per heavy atom. The standard InChI is InChI=1S/C19H13Cl2N3O5/c20-13-3-1-12(2-4-13)17-8-6-15(29-17)10-22-23-19(25)11-28-18-7-5-14(21)9-16(18)24(26)27/h1-10H,11H2,(H,23,25)/b22-10-. The number of carbonyl (C=O) groups excluding carboxylic acids is 1. The highest BCUT2D eigenvalue weighted by Gasteiger charge is 2.16. The van der Waals surface area contributed by atoms with E-state index >= 15 is 0 Å². The number of nitrogens with one attached hydrogen (secondary N) is 1. The van der Waals surface area contributed by atoms with Gasteiger partial charge in [0.2, 0.25) is 0 Å². The molecule has 0 saturated carbocycles. The van der Waals surface area contributed by atoms with Gasteiger partial charge >= 0.3 is 5.69 Å². The van der Waals surface area contributed by atoms with Crippen molar-refractivity contribution in [2.75, 3.05) is 6.61 Å². The third-order valence-electron chi connectivity index (χ3n) is 3.61. The molecule has 10 heteroatoms. The molecule has 0 unspecified atom stereocenters. The predicted octanol–water partition coefficient (Wildman–Crippen LogP) is 4.69. The van der Waals surface area contributed by atoms with Gasteiger partial charge in [0.05, 0.1) is 11.1 Å². The summed E-state index contributed by atoms with van der Waals surface area (Å²) in [6.07, 6.45) is 1.32. The van der Waals surface area contributed by atoms with Crippen molar-refractivity contribution in [1.82, 2.24) is 5.43 Å². The lowest BCUT2D eigenvalue weighted by molar-refractivity contribution is -0.385. The van der Waals surface area contributed by atoms with Crippen LogP contribution < -0.4 is 10.2 Å². The van der Waals surface area contributed by atoms with Crippen LogP contribution in [0, 0.1) is 10.1 Å². The highest BCUT2D eigenvalue weighted by Crippen LogP contribution is 2.29. The summed E-state index contributed by atoms with van der Waals surface area (Å²) in [5.74, 6) is 0.365. The van der Waals surface area contributed by atoms with Gasteiger partial charge in [-0.25, -0.2) is 5.43 Å². The molecule has 29 heavy (non-hydrogen) atoms. The molecule has 0 aliphatic rings. The lowest BCUT2D eigenvalue weighted by Crippen LogP contribution is -2.24.